The van der Waals surface area contributed by atoms with Crippen LogP contribution in [0.25, 0.3) is 0 Å². The Morgan fingerprint density at radius 2 is 1.91 bits per heavy atom. The Morgan fingerprint density at radius 3 is 2.63 bits per heavy atom. The van der Waals surface area contributed by atoms with E-state index in [-0.39, 0.29) is 30.6 Å². The Balaban J connectivity index is 1.37. The monoisotopic (exact) mass is 515 g/mol. The topological polar surface area (TPSA) is 130 Å². The Bertz CT molecular complexity index is 827. The number of amides is 1. The molecule has 4 saturated heterocycles. The van der Waals surface area contributed by atoms with Crippen LogP contribution in [0.4, 0.5) is 0 Å². The van der Waals surface area contributed by atoms with Crippen LogP contribution in [-0.2, 0) is 38.4 Å². The van der Waals surface area contributed by atoms with Crippen LogP contribution in [0.1, 0.15) is 65.7 Å². The molecule has 4 aliphatic heterocycles. The van der Waals surface area contributed by atoms with Crippen LogP contribution in [0, 0.1) is 23.7 Å². The molecule has 5 aliphatic rings. The van der Waals surface area contributed by atoms with Gasteiger partial charge in [0.05, 0.1) is 6.42 Å². The van der Waals surface area contributed by atoms with Crippen LogP contribution in [0.5, 0.6) is 0 Å². The third-order valence-corrected chi connectivity index (χ3v) is 8.79. The molecule has 0 aromatic heterocycles. The van der Waals surface area contributed by atoms with Crippen molar-refractivity contribution in [2.45, 2.75) is 95.7 Å². The Kier molecular flexibility index (Phi) is 8.02. The van der Waals surface area contributed by atoms with E-state index >= 15 is 0 Å². The summed E-state index contributed by atoms with van der Waals surface area (Å²) in [5, 5.41) is 11.8. The third-order valence-electron chi connectivity index (χ3n) is 8.14. The smallest absolute Gasteiger partial charge is 0.326 e. The van der Waals surface area contributed by atoms with E-state index in [4.69, 9.17) is 24.0 Å². The van der Waals surface area contributed by atoms with Gasteiger partial charge in [-0.05, 0) is 56.5 Å². The zero-order chi connectivity index (χ0) is 25.4. The number of carbonyl (C=O) groups excluding carboxylic acids is 2. The number of fused-ring (bicyclic) bond motifs is 2. The first-order chi connectivity index (χ1) is 16.6. The van der Waals surface area contributed by atoms with E-state index < -0.39 is 47.9 Å². The first kappa shape index (κ1) is 26.7. The van der Waals surface area contributed by atoms with Crippen LogP contribution in [0.15, 0.2) is 0 Å². The molecule has 1 spiro atoms. The summed E-state index contributed by atoms with van der Waals surface area (Å²) in [4.78, 5) is 48.1. The van der Waals surface area contributed by atoms with E-state index in [0.717, 1.165) is 19.3 Å². The van der Waals surface area contributed by atoms with Gasteiger partial charge >= 0.3 is 11.9 Å². The molecule has 5 rings (SSSR count). The summed E-state index contributed by atoms with van der Waals surface area (Å²) < 4.78 is 18.2. The standard InChI is InChI=1S/C24H37NO9S/c1-13-5-6-16-14(2)21(31-22-24(16)15(13)9-11-23(3,32-22)33-34-24)30-19(27)8-7-18(26)25-17(20(28)29)10-12-35-4/h13-17,21-22H,5-12H2,1-4H3,(H,25,26)(H,28,29)/t13-,14-,15+,16+,17+,21-,22-,23-,24-/m1/s1. The first-order valence-electron chi connectivity index (χ1n) is 12.5. The van der Waals surface area contributed by atoms with Crippen LogP contribution in [-0.4, -0.2) is 65.0 Å². The van der Waals surface area contributed by atoms with Gasteiger partial charge in [0.2, 0.25) is 18.0 Å². The molecule has 2 N–H and O–H groups in total. The van der Waals surface area contributed by atoms with Crippen LogP contribution in [0.3, 0.4) is 0 Å². The van der Waals surface area contributed by atoms with Gasteiger partial charge in [-0.3, -0.25) is 9.59 Å². The summed E-state index contributed by atoms with van der Waals surface area (Å²) in [5.74, 6) is -1.96. The zero-order valence-corrected chi connectivity index (χ0v) is 21.6. The maximum atomic E-state index is 12.6. The summed E-state index contributed by atoms with van der Waals surface area (Å²) in [6, 6.07) is -0.975. The average molecular weight is 516 g/mol. The van der Waals surface area contributed by atoms with E-state index in [9.17, 15) is 19.5 Å². The lowest BCUT2D eigenvalue weighted by Crippen LogP contribution is -2.70. The minimum absolute atomic E-state index is 0.0268. The molecule has 0 unspecified atom stereocenters. The van der Waals surface area contributed by atoms with Crippen molar-refractivity contribution in [3.05, 3.63) is 0 Å². The quantitative estimate of drug-likeness (QED) is 0.349. The number of carboxylic acids is 1. The van der Waals surface area contributed by atoms with Gasteiger partial charge in [0, 0.05) is 24.7 Å². The van der Waals surface area contributed by atoms with Crippen molar-refractivity contribution in [3.8, 4) is 0 Å². The molecular weight excluding hydrogens is 478 g/mol. The maximum Gasteiger partial charge on any atom is 0.326 e. The van der Waals surface area contributed by atoms with Crippen molar-refractivity contribution in [2.24, 2.45) is 23.7 Å². The van der Waals surface area contributed by atoms with Crippen molar-refractivity contribution < 1.29 is 43.5 Å². The molecule has 2 bridgehead atoms. The largest absolute Gasteiger partial charge is 0.480 e. The summed E-state index contributed by atoms with van der Waals surface area (Å²) >= 11 is 1.50. The molecule has 0 radical (unpaired) electrons. The normalized spacial score (nSPS) is 40.8. The lowest BCUT2D eigenvalue weighted by Gasteiger charge is -2.59. The van der Waals surface area contributed by atoms with E-state index in [1.807, 2.05) is 20.1 Å². The molecular formula is C24H37NO9S. The minimum atomic E-state index is -1.09. The number of nitrogens with one attached hydrogen (secondary N) is 1. The Labute approximate surface area is 210 Å². The molecule has 198 valence electrons. The number of aliphatic carboxylic acids is 1. The van der Waals surface area contributed by atoms with Crippen molar-refractivity contribution in [1.82, 2.24) is 5.32 Å². The second kappa shape index (κ2) is 10.5. The zero-order valence-electron chi connectivity index (χ0n) is 20.8. The van der Waals surface area contributed by atoms with E-state index in [2.05, 4.69) is 12.2 Å². The van der Waals surface area contributed by atoms with Gasteiger partial charge in [0.1, 0.15) is 6.04 Å². The number of rotatable bonds is 9. The molecule has 35 heavy (non-hydrogen) atoms. The third kappa shape index (κ3) is 5.20. The highest BCUT2D eigenvalue weighted by Crippen LogP contribution is 2.60. The Morgan fingerprint density at radius 1 is 1.14 bits per heavy atom. The number of hydrogen-bond acceptors (Lipinski definition) is 9. The number of carbonyl (C=O) groups is 3. The fourth-order valence-electron chi connectivity index (χ4n) is 6.17. The average Bonchev–Trinajstić information content (AvgIpc) is 3.04. The van der Waals surface area contributed by atoms with Gasteiger partial charge in [0.15, 0.2) is 11.9 Å². The molecule has 10 nitrogen and oxygen atoms in total. The summed E-state index contributed by atoms with van der Waals surface area (Å²) in [6.07, 6.45) is 3.82. The van der Waals surface area contributed by atoms with E-state index in [1.165, 1.54) is 11.8 Å². The number of hydrogen-bond donors (Lipinski definition) is 2. The van der Waals surface area contributed by atoms with Gasteiger partial charge in [-0.1, -0.05) is 13.8 Å². The lowest BCUT2D eigenvalue weighted by atomic mass is 9.58. The van der Waals surface area contributed by atoms with Gasteiger partial charge < -0.3 is 24.6 Å². The number of ether oxygens (including phenoxy) is 3. The van der Waals surface area contributed by atoms with Crippen molar-refractivity contribution >= 4 is 29.6 Å². The first-order valence-corrected chi connectivity index (χ1v) is 13.9. The highest BCUT2D eigenvalue weighted by Gasteiger charge is 2.69. The fraction of sp³-hybridized carbons (Fsp3) is 0.875. The van der Waals surface area contributed by atoms with Crippen LogP contribution in [0.2, 0.25) is 0 Å². The van der Waals surface area contributed by atoms with E-state index in [1.54, 1.807) is 0 Å². The van der Waals surface area contributed by atoms with Gasteiger partial charge in [0.25, 0.3) is 0 Å². The fourth-order valence-corrected chi connectivity index (χ4v) is 6.64. The predicted molar refractivity (Wildman–Crippen MR) is 125 cm³/mol. The summed E-state index contributed by atoms with van der Waals surface area (Å²) in [6.45, 7) is 6.05. The predicted octanol–water partition coefficient (Wildman–Crippen LogP) is 2.84. The minimum Gasteiger partial charge on any atom is -0.480 e. The van der Waals surface area contributed by atoms with Crippen molar-refractivity contribution in [2.75, 3.05) is 12.0 Å². The molecule has 0 aromatic rings. The second-order valence-electron chi connectivity index (χ2n) is 10.5. The number of esters is 1. The molecule has 1 saturated carbocycles. The maximum absolute atomic E-state index is 12.6. The Hall–Kier alpha value is -1.40. The molecule has 11 heteroatoms. The van der Waals surface area contributed by atoms with Crippen LogP contribution < -0.4 is 5.32 Å². The van der Waals surface area contributed by atoms with Crippen molar-refractivity contribution in [1.29, 1.82) is 0 Å². The van der Waals surface area contributed by atoms with E-state index in [0.29, 0.717) is 24.5 Å². The highest BCUT2D eigenvalue weighted by atomic mass is 32.2. The summed E-state index contributed by atoms with van der Waals surface area (Å²) in [7, 11) is 0. The van der Waals surface area contributed by atoms with Crippen LogP contribution >= 0.6 is 11.8 Å². The number of thioether (sulfide) groups is 1. The lowest BCUT2D eigenvalue weighted by molar-refractivity contribution is -0.576. The van der Waals surface area contributed by atoms with Crippen molar-refractivity contribution in [3.63, 3.8) is 0 Å². The molecule has 4 heterocycles. The molecule has 5 fully saturated rings. The van der Waals surface area contributed by atoms with Gasteiger partial charge in [-0.25, -0.2) is 14.6 Å². The highest BCUT2D eigenvalue weighted by molar-refractivity contribution is 7.98. The van der Waals surface area contributed by atoms with Gasteiger partial charge in [-0.2, -0.15) is 11.8 Å². The second-order valence-corrected chi connectivity index (χ2v) is 11.5. The molecule has 9 atom stereocenters. The summed E-state index contributed by atoms with van der Waals surface area (Å²) in [5.41, 5.74) is -0.738. The SMILES string of the molecule is CSCC[C@H](NC(=O)CCC(=O)O[C@@H]1O[C@@H]2O[C@@]3(C)CC[C@H]4[C@H](C)CC[C@@H]([C@H]1C)[C@@]24OO3)C(=O)O. The molecule has 0 aromatic carbocycles. The van der Waals surface area contributed by atoms with Gasteiger partial charge in [-0.15, -0.1) is 0 Å². The molecule has 1 amide bonds. The molecule has 1 aliphatic carbocycles. The number of carboxylic acid groups (broad SMARTS) is 1.